The SMILES string of the molecule is COc1ccccc1NC(=O)C1(C(=O)NC(C)c2ccccc2)CC1. The summed E-state index contributed by atoms with van der Waals surface area (Å²) < 4.78 is 5.25. The molecule has 130 valence electrons. The fourth-order valence-corrected chi connectivity index (χ4v) is 2.83. The number of carbonyl (C=O) groups is 2. The summed E-state index contributed by atoms with van der Waals surface area (Å²) in [6.45, 7) is 1.92. The van der Waals surface area contributed by atoms with Gasteiger partial charge in [0.15, 0.2) is 0 Å². The molecule has 1 aliphatic carbocycles. The molecule has 5 nitrogen and oxygen atoms in total. The van der Waals surface area contributed by atoms with Gasteiger partial charge >= 0.3 is 0 Å². The minimum atomic E-state index is -0.982. The Balaban J connectivity index is 1.69. The molecule has 0 bridgehead atoms. The van der Waals surface area contributed by atoms with Crippen LogP contribution in [0.15, 0.2) is 54.6 Å². The summed E-state index contributed by atoms with van der Waals surface area (Å²) >= 11 is 0. The number of nitrogens with one attached hydrogen (secondary N) is 2. The molecule has 2 amide bonds. The van der Waals surface area contributed by atoms with Gasteiger partial charge in [0.2, 0.25) is 11.8 Å². The molecular formula is C20H22N2O3. The number of anilines is 1. The third-order valence-electron chi connectivity index (χ3n) is 4.62. The smallest absolute Gasteiger partial charge is 0.240 e. The van der Waals surface area contributed by atoms with Crippen LogP contribution in [-0.2, 0) is 9.59 Å². The zero-order valence-electron chi connectivity index (χ0n) is 14.4. The largest absolute Gasteiger partial charge is 0.495 e. The predicted molar refractivity (Wildman–Crippen MR) is 96.3 cm³/mol. The minimum Gasteiger partial charge on any atom is -0.495 e. The molecular weight excluding hydrogens is 316 g/mol. The molecule has 0 heterocycles. The van der Waals surface area contributed by atoms with Crippen LogP contribution in [0.1, 0.15) is 31.4 Å². The highest BCUT2D eigenvalue weighted by Gasteiger charge is 2.56. The number of hydrogen-bond acceptors (Lipinski definition) is 3. The van der Waals surface area contributed by atoms with Crippen molar-refractivity contribution in [3.05, 3.63) is 60.2 Å². The minimum absolute atomic E-state index is 0.148. The molecule has 0 spiro atoms. The number of hydrogen-bond donors (Lipinski definition) is 2. The highest BCUT2D eigenvalue weighted by Crippen LogP contribution is 2.47. The number of carbonyl (C=O) groups excluding carboxylic acids is 2. The van der Waals surface area contributed by atoms with Crippen molar-refractivity contribution in [3.63, 3.8) is 0 Å². The van der Waals surface area contributed by atoms with Crippen LogP contribution in [-0.4, -0.2) is 18.9 Å². The van der Waals surface area contributed by atoms with Gasteiger partial charge < -0.3 is 15.4 Å². The summed E-state index contributed by atoms with van der Waals surface area (Å²) in [4.78, 5) is 25.4. The Morgan fingerprint density at radius 2 is 1.64 bits per heavy atom. The van der Waals surface area contributed by atoms with E-state index in [-0.39, 0.29) is 17.9 Å². The molecule has 1 aliphatic rings. The first-order chi connectivity index (χ1) is 12.1. The maximum absolute atomic E-state index is 12.7. The molecule has 2 aromatic carbocycles. The Bertz CT molecular complexity index is 770. The molecule has 25 heavy (non-hydrogen) atoms. The molecule has 1 atom stereocenters. The summed E-state index contributed by atoms with van der Waals surface area (Å²) in [6.07, 6.45) is 1.11. The van der Waals surface area contributed by atoms with Crippen LogP contribution in [0.5, 0.6) is 5.75 Å². The molecule has 0 radical (unpaired) electrons. The van der Waals surface area contributed by atoms with Crippen molar-refractivity contribution in [2.45, 2.75) is 25.8 Å². The van der Waals surface area contributed by atoms with Crippen molar-refractivity contribution in [2.24, 2.45) is 5.41 Å². The van der Waals surface area contributed by atoms with Crippen LogP contribution in [0.25, 0.3) is 0 Å². The van der Waals surface area contributed by atoms with E-state index in [2.05, 4.69) is 10.6 Å². The van der Waals surface area contributed by atoms with Gasteiger partial charge in [-0.15, -0.1) is 0 Å². The van der Waals surface area contributed by atoms with Gasteiger partial charge in [-0.2, -0.15) is 0 Å². The predicted octanol–water partition coefficient (Wildman–Crippen LogP) is 3.29. The van der Waals surface area contributed by atoms with Gasteiger partial charge in [-0.1, -0.05) is 42.5 Å². The van der Waals surface area contributed by atoms with Crippen LogP contribution in [0.2, 0.25) is 0 Å². The Kier molecular flexibility index (Phi) is 4.74. The summed E-state index contributed by atoms with van der Waals surface area (Å²) in [5.41, 5.74) is 0.603. The van der Waals surface area contributed by atoms with Crippen molar-refractivity contribution in [3.8, 4) is 5.75 Å². The zero-order chi connectivity index (χ0) is 17.9. The van der Waals surface area contributed by atoms with E-state index in [1.807, 2.05) is 49.4 Å². The normalized spacial score (nSPS) is 15.8. The number of methoxy groups -OCH3 is 1. The van der Waals surface area contributed by atoms with E-state index in [4.69, 9.17) is 4.74 Å². The van der Waals surface area contributed by atoms with Crippen LogP contribution >= 0.6 is 0 Å². The third kappa shape index (κ3) is 3.50. The van der Waals surface area contributed by atoms with E-state index in [0.717, 1.165) is 5.56 Å². The lowest BCUT2D eigenvalue weighted by atomic mass is 10.0. The van der Waals surface area contributed by atoms with E-state index >= 15 is 0 Å². The van der Waals surface area contributed by atoms with Crippen molar-refractivity contribution < 1.29 is 14.3 Å². The maximum atomic E-state index is 12.7. The fraction of sp³-hybridized carbons (Fsp3) is 0.300. The topological polar surface area (TPSA) is 67.4 Å². The number of para-hydroxylation sites is 2. The van der Waals surface area contributed by atoms with E-state index in [0.29, 0.717) is 24.3 Å². The lowest BCUT2D eigenvalue weighted by molar-refractivity contribution is -0.134. The van der Waals surface area contributed by atoms with Gasteiger partial charge in [0.05, 0.1) is 18.8 Å². The third-order valence-corrected chi connectivity index (χ3v) is 4.62. The second-order valence-electron chi connectivity index (χ2n) is 6.34. The van der Waals surface area contributed by atoms with Gasteiger partial charge in [0.25, 0.3) is 0 Å². The van der Waals surface area contributed by atoms with Gasteiger partial charge in [0, 0.05) is 0 Å². The monoisotopic (exact) mass is 338 g/mol. The first-order valence-corrected chi connectivity index (χ1v) is 8.37. The van der Waals surface area contributed by atoms with Gasteiger partial charge in [0.1, 0.15) is 11.2 Å². The highest BCUT2D eigenvalue weighted by atomic mass is 16.5. The van der Waals surface area contributed by atoms with Gasteiger partial charge in [-0.05, 0) is 37.5 Å². The molecule has 0 aliphatic heterocycles. The molecule has 1 saturated carbocycles. The second kappa shape index (κ2) is 6.97. The quantitative estimate of drug-likeness (QED) is 0.794. The average Bonchev–Trinajstić information content (AvgIpc) is 3.45. The maximum Gasteiger partial charge on any atom is 0.240 e. The number of rotatable bonds is 6. The highest BCUT2D eigenvalue weighted by molar-refractivity contribution is 6.13. The first-order valence-electron chi connectivity index (χ1n) is 8.37. The Morgan fingerprint density at radius 3 is 2.28 bits per heavy atom. The molecule has 2 N–H and O–H groups in total. The average molecular weight is 338 g/mol. The summed E-state index contributed by atoms with van der Waals surface area (Å²) in [7, 11) is 1.55. The standard InChI is InChI=1S/C20H22N2O3/c1-14(15-8-4-3-5-9-15)21-18(23)20(12-13-20)19(24)22-16-10-6-7-11-17(16)25-2/h3-11,14H,12-13H2,1-2H3,(H,21,23)(H,22,24). The van der Waals surface area contributed by atoms with Crippen LogP contribution in [0, 0.1) is 5.41 Å². The number of ether oxygens (including phenoxy) is 1. The number of benzene rings is 2. The van der Waals surface area contributed by atoms with Crippen molar-refractivity contribution in [2.75, 3.05) is 12.4 Å². The molecule has 1 fully saturated rings. The molecule has 2 aromatic rings. The van der Waals surface area contributed by atoms with Crippen molar-refractivity contribution in [1.29, 1.82) is 0 Å². The lowest BCUT2D eigenvalue weighted by Crippen LogP contribution is -2.41. The second-order valence-corrected chi connectivity index (χ2v) is 6.34. The van der Waals surface area contributed by atoms with E-state index in [9.17, 15) is 9.59 Å². The molecule has 0 saturated heterocycles. The van der Waals surface area contributed by atoms with Gasteiger partial charge in [-0.25, -0.2) is 0 Å². The van der Waals surface area contributed by atoms with Crippen LogP contribution < -0.4 is 15.4 Å². The summed E-state index contributed by atoms with van der Waals surface area (Å²) in [5.74, 6) is 0.0655. The first kappa shape index (κ1) is 17.0. The molecule has 1 unspecified atom stereocenters. The van der Waals surface area contributed by atoms with E-state index in [1.54, 1.807) is 19.2 Å². The molecule has 3 rings (SSSR count). The van der Waals surface area contributed by atoms with Crippen LogP contribution in [0.3, 0.4) is 0 Å². The Labute approximate surface area is 147 Å². The summed E-state index contributed by atoms with van der Waals surface area (Å²) in [6, 6.07) is 16.7. The fourth-order valence-electron chi connectivity index (χ4n) is 2.83. The summed E-state index contributed by atoms with van der Waals surface area (Å²) in [5, 5.41) is 5.80. The van der Waals surface area contributed by atoms with E-state index < -0.39 is 5.41 Å². The zero-order valence-corrected chi connectivity index (χ0v) is 14.4. The van der Waals surface area contributed by atoms with Gasteiger partial charge in [-0.3, -0.25) is 9.59 Å². The lowest BCUT2D eigenvalue weighted by Gasteiger charge is -2.20. The molecule has 5 heteroatoms. The van der Waals surface area contributed by atoms with Crippen molar-refractivity contribution in [1.82, 2.24) is 5.32 Å². The van der Waals surface area contributed by atoms with E-state index in [1.165, 1.54) is 0 Å². The Morgan fingerprint density at radius 1 is 1.00 bits per heavy atom. The number of amides is 2. The molecule has 0 aromatic heterocycles. The van der Waals surface area contributed by atoms with Crippen LogP contribution in [0.4, 0.5) is 5.69 Å². The Hall–Kier alpha value is -2.82. The van der Waals surface area contributed by atoms with Crippen molar-refractivity contribution >= 4 is 17.5 Å².